The van der Waals surface area contributed by atoms with E-state index >= 15 is 0 Å². The van der Waals surface area contributed by atoms with E-state index in [-0.39, 0.29) is 7.92 Å². The zero-order valence-corrected chi connectivity index (χ0v) is 33.6. The average Bonchev–Trinajstić information content (AvgIpc) is 3.09. The van der Waals surface area contributed by atoms with E-state index in [1.807, 2.05) is 32.4 Å². The predicted molar refractivity (Wildman–Crippen MR) is 206 cm³/mol. The third-order valence-corrected chi connectivity index (χ3v) is 14.8. The van der Waals surface area contributed by atoms with E-state index in [1.54, 1.807) is 0 Å². The van der Waals surface area contributed by atoms with E-state index in [2.05, 4.69) is 91.1 Å². The average molecular weight is 763 g/mol. The van der Waals surface area contributed by atoms with Crippen molar-refractivity contribution in [2.45, 2.75) is 141 Å². The standard InChI is InChI=1S/C35H53O2P.C8H10N.Pd/c1-23(2)26-21-29(24(3)4)33(30(22-26)25(5)6)34-31(36-7)19-20-32(37-8)35(34)38(27-15-11-9-12-16-27)28-17-13-10-14-18-28;9-7-6-8-4-2-1-3-5-8;/h19-25,27-28H,9-18H2,1-8H3;1-4H,6-7,9H2;. The topological polar surface area (TPSA) is 44.5 Å². The van der Waals surface area contributed by atoms with Gasteiger partial charge in [-0.05, 0) is 89.1 Å². The molecule has 3 nitrogen and oxygen atoms in total. The Hall–Kier alpha value is -1.69. The summed E-state index contributed by atoms with van der Waals surface area (Å²) in [5, 5.41) is 1.52. The first-order valence-electron chi connectivity index (χ1n) is 18.7. The van der Waals surface area contributed by atoms with Crippen molar-refractivity contribution in [2.75, 3.05) is 20.8 Å². The number of hydrogen-bond donors (Lipinski definition) is 1. The Morgan fingerprint density at radius 3 is 1.62 bits per heavy atom. The summed E-state index contributed by atoms with van der Waals surface area (Å²) in [6, 6.07) is 17.6. The second-order valence-electron chi connectivity index (χ2n) is 14.8. The molecule has 0 saturated heterocycles. The van der Waals surface area contributed by atoms with Crippen molar-refractivity contribution in [2.24, 2.45) is 5.73 Å². The Morgan fingerprint density at radius 2 is 1.19 bits per heavy atom. The molecule has 0 bridgehead atoms. The van der Waals surface area contributed by atoms with Gasteiger partial charge in [0.15, 0.2) is 0 Å². The minimum absolute atomic E-state index is 0.373. The van der Waals surface area contributed by atoms with Gasteiger partial charge < -0.3 is 9.47 Å². The second-order valence-corrected chi connectivity index (χ2v) is 18.4. The van der Waals surface area contributed by atoms with Gasteiger partial charge in [0.25, 0.3) is 0 Å². The minimum atomic E-state index is -0.373. The van der Waals surface area contributed by atoms with Crippen LogP contribution in [0.15, 0.2) is 48.5 Å². The summed E-state index contributed by atoms with van der Waals surface area (Å²) in [6.07, 6.45) is 14.8. The van der Waals surface area contributed by atoms with Gasteiger partial charge in [0.2, 0.25) is 0 Å². The van der Waals surface area contributed by atoms with Gasteiger partial charge in [-0.15, -0.1) is 0 Å². The molecule has 0 radical (unpaired) electrons. The van der Waals surface area contributed by atoms with E-state index in [9.17, 15) is 0 Å². The van der Waals surface area contributed by atoms with Crippen LogP contribution in [0.3, 0.4) is 0 Å². The van der Waals surface area contributed by atoms with E-state index in [4.69, 9.17) is 15.2 Å². The molecule has 0 aliphatic heterocycles. The SMILES string of the molecule is COc1ccc(OC)c(P(C2CCCCC2)C2CCCCC2)c1-c1c(C(C)C)cc(C(C)C)cc1C(C)C.NCCc1cccc[c]1[Pd]. The van der Waals surface area contributed by atoms with Gasteiger partial charge in [-0.3, -0.25) is 0 Å². The molecule has 3 aromatic carbocycles. The molecule has 48 heavy (non-hydrogen) atoms. The fourth-order valence-corrected chi connectivity index (χ4v) is 12.4. The first kappa shape index (κ1) is 39.1. The van der Waals surface area contributed by atoms with Crippen molar-refractivity contribution in [3.8, 4) is 22.6 Å². The van der Waals surface area contributed by atoms with Crippen molar-refractivity contribution in [1.29, 1.82) is 0 Å². The molecule has 2 aliphatic rings. The fraction of sp³-hybridized carbons (Fsp3) is 0.581. The molecule has 0 spiro atoms. The summed E-state index contributed by atoms with van der Waals surface area (Å²) >= 11 is 3.18. The summed E-state index contributed by atoms with van der Waals surface area (Å²) in [6.45, 7) is 14.8. The van der Waals surface area contributed by atoms with E-state index in [1.165, 1.54) is 107 Å². The molecule has 0 amide bonds. The zero-order chi connectivity index (χ0) is 34.8. The van der Waals surface area contributed by atoms with Crippen LogP contribution in [0, 0.1) is 0 Å². The number of rotatable bonds is 11. The molecular weight excluding hydrogens is 700 g/mol. The Labute approximate surface area is 305 Å². The zero-order valence-electron chi connectivity index (χ0n) is 31.1. The molecule has 5 rings (SSSR count). The van der Waals surface area contributed by atoms with Crippen LogP contribution < -0.4 is 24.5 Å². The quantitative estimate of drug-likeness (QED) is 0.156. The molecule has 5 heteroatoms. The first-order valence-corrected chi connectivity index (χ1v) is 21.0. The van der Waals surface area contributed by atoms with Crippen LogP contribution >= 0.6 is 7.92 Å². The Morgan fingerprint density at radius 1 is 0.688 bits per heavy atom. The monoisotopic (exact) mass is 762 g/mol. The Bertz CT molecular complexity index is 1390. The molecule has 2 fully saturated rings. The van der Waals surface area contributed by atoms with Gasteiger partial charge in [-0.25, -0.2) is 0 Å². The summed E-state index contributed by atoms with van der Waals surface area (Å²) in [4.78, 5) is 0. The summed E-state index contributed by atoms with van der Waals surface area (Å²) in [5.74, 6) is 3.50. The van der Waals surface area contributed by atoms with Crippen LogP contribution in [0.1, 0.15) is 146 Å². The molecule has 0 aromatic heterocycles. The van der Waals surface area contributed by atoms with Crippen LogP contribution in [0.4, 0.5) is 0 Å². The second kappa shape index (κ2) is 19.1. The van der Waals surface area contributed by atoms with Crippen molar-refractivity contribution in [3.05, 3.63) is 70.8 Å². The normalized spacial score (nSPS) is 16.1. The van der Waals surface area contributed by atoms with Gasteiger partial charge in [0, 0.05) is 10.9 Å². The van der Waals surface area contributed by atoms with Crippen molar-refractivity contribution < 1.29 is 28.7 Å². The number of hydrogen-bond acceptors (Lipinski definition) is 3. The Balaban J connectivity index is 0.000000445. The molecule has 2 N–H and O–H groups in total. The third-order valence-electron chi connectivity index (χ3n) is 10.5. The summed E-state index contributed by atoms with van der Waals surface area (Å²) in [7, 11) is 3.38. The molecule has 0 heterocycles. The maximum atomic E-state index is 6.29. The predicted octanol–water partition coefficient (Wildman–Crippen LogP) is 10.9. The van der Waals surface area contributed by atoms with Crippen molar-refractivity contribution >= 4 is 17.3 Å². The third kappa shape index (κ3) is 9.55. The van der Waals surface area contributed by atoms with Crippen molar-refractivity contribution in [3.63, 3.8) is 0 Å². The number of methoxy groups -OCH3 is 2. The fourth-order valence-electron chi connectivity index (χ4n) is 7.85. The van der Waals surface area contributed by atoms with Crippen LogP contribution in [0.5, 0.6) is 11.5 Å². The molecule has 3 aromatic rings. The maximum absolute atomic E-state index is 6.29. The van der Waals surface area contributed by atoms with Crippen LogP contribution in [-0.2, 0) is 25.6 Å². The molecule has 0 unspecified atom stereocenters. The first-order chi connectivity index (χ1) is 23.1. The van der Waals surface area contributed by atoms with Crippen molar-refractivity contribution in [1.82, 2.24) is 0 Å². The Kier molecular flexibility index (Phi) is 15.5. The molecular formula is C43H63NO2PPd. The molecule has 267 valence electrons. The van der Waals surface area contributed by atoms with Gasteiger partial charge in [0.05, 0.1) is 14.2 Å². The van der Waals surface area contributed by atoms with Crippen LogP contribution in [-0.4, -0.2) is 32.1 Å². The van der Waals surface area contributed by atoms with Crippen LogP contribution in [0.25, 0.3) is 11.1 Å². The van der Waals surface area contributed by atoms with Gasteiger partial charge in [-0.2, -0.15) is 0 Å². The van der Waals surface area contributed by atoms with E-state index in [0.29, 0.717) is 24.3 Å². The summed E-state index contributed by atoms with van der Waals surface area (Å²) < 4.78 is 13.8. The number of nitrogens with two attached hydrogens (primary N) is 1. The van der Waals surface area contributed by atoms with Crippen LogP contribution in [0.2, 0.25) is 0 Å². The summed E-state index contributed by atoms with van der Waals surface area (Å²) in [5.41, 5.74) is 15.5. The molecule has 0 atom stereocenters. The van der Waals surface area contributed by atoms with E-state index in [0.717, 1.165) is 29.2 Å². The van der Waals surface area contributed by atoms with Gasteiger partial charge in [-0.1, -0.05) is 100 Å². The molecule has 2 aliphatic carbocycles. The number of benzene rings is 3. The van der Waals surface area contributed by atoms with E-state index < -0.39 is 0 Å². The van der Waals surface area contributed by atoms with Gasteiger partial charge >= 0.3 is 71.8 Å². The molecule has 2 saturated carbocycles. The number of ether oxygens (including phenoxy) is 2. The van der Waals surface area contributed by atoms with Gasteiger partial charge in [0.1, 0.15) is 11.5 Å².